The minimum atomic E-state index is -0.856. The highest BCUT2D eigenvalue weighted by atomic mass is 35.5. The Labute approximate surface area is 121 Å². The van der Waals surface area contributed by atoms with Crippen LogP contribution in [0.3, 0.4) is 0 Å². The fraction of sp³-hybridized carbons (Fsp3) is 0.385. The Balaban J connectivity index is 2.42. The van der Waals surface area contributed by atoms with Crippen molar-refractivity contribution >= 4 is 40.9 Å². The zero-order valence-electron chi connectivity index (χ0n) is 10.8. The van der Waals surface area contributed by atoms with Crippen LogP contribution >= 0.6 is 23.4 Å². The van der Waals surface area contributed by atoms with Gasteiger partial charge in [0.1, 0.15) is 0 Å². The summed E-state index contributed by atoms with van der Waals surface area (Å²) >= 11 is 7.27. The summed E-state index contributed by atoms with van der Waals surface area (Å²) in [5, 5.41) is 11.8. The van der Waals surface area contributed by atoms with Gasteiger partial charge in [0.15, 0.2) is 0 Å². The van der Waals surface area contributed by atoms with Crippen LogP contribution in [0.1, 0.15) is 18.9 Å². The van der Waals surface area contributed by atoms with Gasteiger partial charge in [0.2, 0.25) is 5.91 Å². The molecule has 0 aromatic heterocycles. The number of benzene rings is 1. The van der Waals surface area contributed by atoms with Crippen LogP contribution in [0.4, 0.5) is 5.69 Å². The molecule has 0 bridgehead atoms. The molecule has 1 amide bonds. The third-order valence-electron chi connectivity index (χ3n) is 2.42. The van der Waals surface area contributed by atoms with Crippen LogP contribution < -0.4 is 5.32 Å². The predicted octanol–water partition coefficient (Wildman–Crippen LogP) is 3.18. The molecule has 0 radical (unpaired) electrons. The SMILES string of the molecule is Cc1ccc(NC(=O)CSC(C)CC(=O)O)cc1Cl. The molecule has 4 nitrogen and oxygen atoms in total. The molecule has 0 saturated heterocycles. The monoisotopic (exact) mass is 301 g/mol. The Bertz CT molecular complexity index is 479. The Morgan fingerprint density at radius 1 is 1.47 bits per heavy atom. The second-order valence-electron chi connectivity index (χ2n) is 4.23. The highest BCUT2D eigenvalue weighted by Gasteiger charge is 2.11. The van der Waals surface area contributed by atoms with Crippen molar-refractivity contribution in [3.63, 3.8) is 0 Å². The van der Waals surface area contributed by atoms with E-state index in [-0.39, 0.29) is 23.3 Å². The van der Waals surface area contributed by atoms with Crippen LogP contribution in [0.15, 0.2) is 18.2 Å². The fourth-order valence-corrected chi connectivity index (χ4v) is 2.34. The Kier molecular flexibility index (Phi) is 6.18. The van der Waals surface area contributed by atoms with Gasteiger partial charge < -0.3 is 10.4 Å². The second-order valence-corrected chi connectivity index (χ2v) is 6.07. The van der Waals surface area contributed by atoms with E-state index in [9.17, 15) is 9.59 Å². The fourth-order valence-electron chi connectivity index (χ4n) is 1.39. The van der Waals surface area contributed by atoms with Crippen LogP contribution in [0.25, 0.3) is 0 Å². The molecule has 0 aliphatic carbocycles. The van der Waals surface area contributed by atoms with Gasteiger partial charge in [0.25, 0.3) is 0 Å². The number of carboxylic acid groups (broad SMARTS) is 1. The van der Waals surface area contributed by atoms with Crippen molar-refractivity contribution in [2.45, 2.75) is 25.5 Å². The van der Waals surface area contributed by atoms with E-state index in [1.54, 1.807) is 19.1 Å². The van der Waals surface area contributed by atoms with Gasteiger partial charge in [0.05, 0.1) is 12.2 Å². The number of hydrogen-bond acceptors (Lipinski definition) is 3. The molecule has 1 unspecified atom stereocenters. The quantitative estimate of drug-likeness (QED) is 0.847. The van der Waals surface area contributed by atoms with Crippen molar-refractivity contribution in [3.05, 3.63) is 28.8 Å². The Morgan fingerprint density at radius 3 is 2.74 bits per heavy atom. The first-order chi connectivity index (χ1) is 8.88. The molecule has 19 heavy (non-hydrogen) atoms. The van der Waals surface area contributed by atoms with Crippen molar-refractivity contribution in [1.29, 1.82) is 0 Å². The van der Waals surface area contributed by atoms with E-state index in [2.05, 4.69) is 5.32 Å². The number of carbonyl (C=O) groups is 2. The number of hydrogen-bond donors (Lipinski definition) is 2. The highest BCUT2D eigenvalue weighted by molar-refractivity contribution is 8.00. The maximum atomic E-state index is 11.7. The summed E-state index contributed by atoms with van der Waals surface area (Å²) in [6.07, 6.45) is 0.0499. The zero-order valence-corrected chi connectivity index (χ0v) is 12.3. The molecule has 0 saturated carbocycles. The van der Waals surface area contributed by atoms with Crippen LogP contribution in [-0.4, -0.2) is 28.0 Å². The van der Waals surface area contributed by atoms with Crippen molar-refractivity contribution < 1.29 is 14.7 Å². The number of amides is 1. The lowest BCUT2D eigenvalue weighted by molar-refractivity contribution is -0.136. The first kappa shape index (κ1) is 15.9. The molecule has 0 aliphatic heterocycles. The first-order valence-electron chi connectivity index (χ1n) is 5.78. The summed E-state index contributed by atoms with van der Waals surface area (Å²) < 4.78 is 0. The van der Waals surface area contributed by atoms with E-state index >= 15 is 0 Å². The Morgan fingerprint density at radius 2 is 2.16 bits per heavy atom. The van der Waals surface area contributed by atoms with Gasteiger partial charge in [-0.25, -0.2) is 0 Å². The largest absolute Gasteiger partial charge is 0.481 e. The van der Waals surface area contributed by atoms with Gasteiger partial charge in [0, 0.05) is 16.0 Å². The van der Waals surface area contributed by atoms with Crippen LogP contribution in [0.2, 0.25) is 5.02 Å². The maximum Gasteiger partial charge on any atom is 0.304 e. The molecular weight excluding hydrogens is 286 g/mol. The predicted molar refractivity (Wildman–Crippen MR) is 79.0 cm³/mol. The van der Waals surface area contributed by atoms with Crippen LogP contribution in [-0.2, 0) is 9.59 Å². The van der Waals surface area contributed by atoms with E-state index in [4.69, 9.17) is 16.7 Å². The minimum Gasteiger partial charge on any atom is -0.481 e. The van der Waals surface area contributed by atoms with Crippen molar-refractivity contribution in [2.75, 3.05) is 11.1 Å². The third-order valence-corrected chi connectivity index (χ3v) is 3.99. The highest BCUT2D eigenvalue weighted by Crippen LogP contribution is 2.20. The minimum absolute atomic E-state index is 0.0499. The summed E-state index contributed by atoms with van der Waals surface area (Å²) in [6.45, 7) is 3.67. The van der Waals surface area contributed by atoms with Crippen LogP contribution in [0.5, 0.6) is 0 Å². The van der Waals surface area contributed by atoms with Crippen molar-refractivity contribution in [3.8, 4) is 0 Å². The van der Waals surface area contributed by atoms with E-state index in [1.165, 1.54) is 11.8 Å². The number of anilines is 1. The van der Waals surface area contributed by atoms with Gasteiger partial charge in [-0.2, -0.15) is 0 Å². The lowest BCUT2D eigenvalue weighted by atomic mass is 10.2. The van der Waals surface area contributed by atoms with E-state index in [0.717, 1.165) is 5.56 Å². The molecule has 6 heteroatoms. The maximum absolute atomic E-state index is 11.7. The number of halogens is 1. The van der Waals surface area contributed by atoms with Gasteiger partial charge in [-0.1, -0.05) is 24.6 Å². The van der Waals surface area contributed by atoms with Gasteiger partial charge in [-0.15, -0.1) is 11.8 Å². The molecule has 104 valence electrons. The topological polar surface area (TPSA) is 66.4 Å². The van der Waals surface area contributed by atoms with Crippen LogP contribution in [0, 0.1) is 6.92 Å². The molecule has 0 aliphatic rings. The van der Waals surface area contributed by atoms with Gasteiger partial charge in [-0.05, 0) is 24.6 Å². The number of carboxylic acids is 1. The molecule has 1 rings (SSSR count). The smallest absolute Gasteiger partial charge is 0.304 e. The van der Waals surface area contributed by atoms with Gasteiger partial charge in [-0.3, -0.25) is 9.59 Å². The number of rotatable bonds is 6. The standard InChI is InChI=1S/C13H16ClNO3S/c1-8-3-4-10(6-11(8)14)15-12(16)7-19-9(2)5-13(17)18/h3-4,6,9H,5,7H2,1-2H3,(H,15,16)(H,17,18). The Hall–Kier alpha value is -1.20. The van der Waals surface area contributed by atoms with Crippen molar-refractivity contribution in [1.82, 2.24) is 0 Å². The number of aryl methyl sites for hydroxylation is 1. The number of carbonyl (C=O) groups excluding carboxylic acids is 1. The summed E-state index contributed by atoms with van der Waals surface area (Å²) in [4.78, 5) is 22.2. The molecule has 0 spiro atoms. The molecular formula is C13H16ClNO3S. The van der Waals surface area contributed by atoms with E-state index in [1.807, 2.05) is 13.0 Å². The average Bonchev–Trinajstić information content (AvgIpc) is 2.30. The lowest BCUT2D eigenvalue weighted by Crippen LogP contribution is -2.16. The molecule has 0 fully saturated rings. The average molecular weight is 302 g/mol. The molecule has 2 N–H and O–H groups in total. The number of aliphatic carboxylic acids is 1. The summed E-state index contributed by atoms with van der Waals surface area (Å²) in [5.41, 5.74) is 1.59. The van der Waals surface area contributed by atoms with E-state index in [0.29, 0.717) is 10.7 Å². The molecule has 1 atom stereocenters. The number of thioether (sulfide) groups is 1. The summed E-state index contributed by atoms with van der Waals surface area (Å²) in [6, 6.07) is 5.31. The normalized spacial score (nSPS) is 11.9. The summed E-state index contributed by atoms with van der Waals surface area (Å²) in [7, 11) is 0. The van der Waals surface area contributed by atoms with E-state index < -0.39 is 5.97 Å². The molecule has 0 heterocycles. The zero-order chi connectivity index (χ0) is 14.4. The first-order valence-corrected chi connectivity index (χ1v) is 7.20. The molecule has 1 aromatic rings. The van der Waals surface area contributed by atoms with Gasteiger partial charge >= 0.3 is 5.97 Å². The second kappa shape index (κ2) is 7.40. The van der Waals surface area contributed by atoms with Crippen molar-refractivity contribution in [2.24, 2.45) is 0 Å². The lowest BCUT2D eigenvalue weighted by Gasteiger charge is -2.09. The number of nitrogens with one attached hydrogen (secondary N) is 1. The summed E-state index contributed by atoms with van der Waals surface area (Å²) in [5.74, 6) is -0.798. The third kappa shape index (κ3) is 5.98. The molecule has 1 aromatic carbocycles.